The predicted octanol–water partition coefficient (Wildman–Crippen LogP) is 2.54. The van der Waals surface area contributed by atoms with E-state index < -0.39 is 32.2 Å². The minimum Gasteiger partial charge on any atom is -0.487 e. The molecular weight excluding hydrogens is 520 g/mol. The quantitative estimate of drug-likeness (QED) is 0.596. The second-order valence-corrected chi connectivity index (χ2v) is 12.7. The van der Waals surface area contributed by atoms with E-state index in [1.807, 2.05) is 6.92 Å². The Kier molecular flexibility index (Phi) is 7.68. The highest BCUT2D eigenvalue weighted by atomic mass is 79.9. The molecule has 176 valence electrons. The van der Waals surface area contributed by atoms with Crippen LogP contribution in [0.1, 0.15) is 13.8 Å². The van der Waals surface area contributed by atoms with Crippen LogP contribution in [-0.2, 0) is 20.0 Å². The summed E-state index contributed by atoms with van der Waals surface area (Å²) >= 11 is 3.34. The summed E-state index contributed by atoms with van der Waals surface area (Å²) in [5, 5.41) is 9.67. The monoisotopic (exact) mass is 546 g/mol. The zero-order valence-corrected chi connectivity index (χ0v) is 21.3. The lowest BCUT2D eigenvalue weighted by Gasteiger charge is -2.37. The van der Waals surface area contributed by atoms with Gasteiger partial charge in [0, 0.05) is 30.0 Å². The SMILES string of the molecule is C[C@@H]1CN([C@@H](C)CO)S(=O)(=O)c2ccc(Br)cc2O[C@H]1CN(C)S(=O)(=O)c1ccccc1. The maximum absolute atomic E-state index is 13.3. The molecule has 2 aromatic rings. The normalized spacial score (nSPS) is 22.4. The molecular formula is C21H27BrN2O6S2. The number of likely N-dealkylation sites (N-methyl/N-ethyl adjacent to an activating group) is 1. The molecule has 0 amide bonds. The highest BCUT2D eigenvalue weighted by Gasteiger charge is 2.39. The Bertz CT molecular complexity index is 1160. The van der Waals surface area contributed by atoms with Crippen molar-refractivity contribution in [1.82, 2.24) is 8.61 Å². The molecule has 0 spiro atoms. The average molecular weight is 547 g/mol. The lowest BCUT2D eigenvalue weighted by Crippen LogP contribution is -2.50. The molecule has 0 bridgehead atoms. The summed E-state index contributed by atoms with van der Waals surface area (Å²) in [5.41, 5.74) is 0. The van der Waals surface area contributed by atoms with E-state index in [-0.39, 0.29) is 41.2 Å². The number of aliphatic hydroxyl groups excluding tert-OH is 1. The number of rotatable bonds is 6. The first kappa shape index (κ1) is 25.1. The van der Waals surface area contributed by atoms with Gasteiger partial charge in [-0.05, 0) is 37.3 Å². The van der Waals surface area contributed by atoms with Crippen molar-refractivity contribution < 1.29 is 26.7 Å². The molecule has 32 heavy (non-hydrogen) atoms. The van der Waals surface area contributed by atoms with Gasteiger partial charge in [0.2, 0.25) is 20.0 Å². The Morgan fingerprint density at radius 2 is 1.91 bits per heavy atom. The maximum Gasteiger partial charge on any atom is 0.247 e. The zero-order chi connectivity index (χ0) is 23.7. The van der Waals surface area contributed by atoms with Crippen LogP contribution in [0.4, 0.5) is 0 Å². The molecule has 0 radical (unpaired) electrons. The van der Waals surface area contributed by atoms with Crippen LogP contribution < -0.4 is 4.74 Å². The molecule has 8 nitrogen and oxygen atoms in total. The van der Waals surface area contributed by atoms with Gasteiger partial charge < -0.3 is 9.84 Å². The van der Waals surface area contributed by atoms with Gasteiger partial charge in [0.15, 0.2) is 0 Å². The summed E-state index contributed by atoms with van der Waals surface area (Å²) in [7, 11) is -6.21. The molecule has 0 aliphatic carbocycles. The van der Waals surface area contributed by atoms with E-state index in [1.165, 1.54) is 33.9 Å². The highest BCUT2D eigenvalue weighted by Crippen LogP contribution is 2.35. The van der Waals surface area contributed by atoms with Crippen molar-refractivity contribution >= 4 is 36.0 Å². The lowest BCUT2D eigenvalue weighted by molar-refractivity contribution is 0.0904. The van der Waals surface area contributed by atoms with Crippen LogP contribution in [0.2, 0.25) is 0 Å². The van der Waals surface area contributed by atoms with Crippen LogP contribution in [0.3, 0.4) is 0 Å². The van der Waals surface area contributed by atoms with E-state index in [0.717, 1.165) is 0 Å². The van der Waals surface area contributed by atoms with Gasteiger partial charge in [0.25, 0.3) is 0 Å². The first-order valence-electron chi connectivity index (χ1n) is 10.1. The molecule has 1 aliphatic rings. The molecule has 11 heteroatoms. The van der Waals surface area contributed by atoms with Crippen LogP contribution in [-0.4, -0.2) is 69.4 Å². The molecule has 3 rings (SSSR count). The predicted molar refractivity (Wildman–Crippen MR) is 124 cm³/mol. The van der Waals surface area contributed by atoms with Crippen LogP contribution in [0.5, 0.6) is 5.75 Å². The average Bonchev–Trinajstić information content (AvgIpc) is 2.75. The summed E-state index contributed by atoms with van der Waals surface area (Å²) in [6.45, 7) is 3.19. The van der Waals surface area contributed by atoms with Gasteiger partial charge in [-0.3, -0.25) is 0 Å². The summed E-state index contributed by atoms with van der Waals surface area (Å²) < 4.78 is 61.9. The lowest BCUT2D eigenvalue weighted by atomic mass is 10.0. The summed E-state index contributed by atoms with van der Waals surface area (Å²) in [4.78, 5) is 0.147. The van der Waals surface area contributed by atoms with Crippen molar-refractivity contribution in [2.45, 2.75) is 35.8 Å². The largest absolute Gasteiger partial charge is 0.487 e. The zero-order valence-electron chi connectivity index (χ0n) is 18.0. The summed E-state index contributed by atoms with van der Waals surface area (Å²) in [6.07, 6.45) is -0.629. The van der Waals surface area contributed by atoms with Crippen LogP contribution in [0.25, 0.3) is 0 Å². The van der Waals surface area contributed by atoms with Crippen molar-refractivity contribution in [3.63, 3.8) is 0 Å². The van der Waals surface area contributed by atoms with Gasteiger partial charge in [-0.2, -0.15) is 8.61 Å². The van der Waals surface area contributed by atoms with E-state index in [4.69, 9.17) is 4.74 Å². The molecule has 0 saturated heterocycles. The van der Waals surface area contributed by atoms with Crippen molar-refractivity contribution in [3.8, 4) is 5.75 Å². The number of halogens is 1. The fraction of sp³-hybridized carbons (Fsp3) is 0.429. The van der Waals surface area contributed by atoms with E-state index in [0.29, 0.717) is 4.47 Å². The minimum absolute atomic E-state index is 0.0196. The number of ether oxygens (including phenoxy) is 1. The van der Waals surface area contributed by atoms with E-state index >= 15 is 0 Å². The van der Waals surface area contributed by atoms with Crippen molar-refractivity contribution in [3.05, 3.63) is 53.0 Å². The first-order valence-corrected chi connectivity index (χ1v) is 13.8. The van der Waals surface area contributed by atoms with Gasteiger partial charge in [-0.1, -0.05) is 41.1 Å². The Morgan fingerprint density at radius 3 is 2.53 bits per heavy atom. The van der Waals surface area contributed by atoms with Crippen LogP contribution in [0.15, 0.2) is 62.8 Å². The number of nitrogens with zero attached hydrogens (tertiary/aromatic N) is 2. The maximum atomic E-state index is 13.3. The van der Waals surface area contributed by atoms with Crippen LogP contribution in [0, 0.1) is 5.92 Å². The Hall–Kier alpha value is -1.50. The second-order valence-electron chi connectivity index (χ2n) is 7.93. The number of aliphatic hydroxyl groups is 1. The second kappa shape index (κ2) is 9.78. The molecule has 0 unspecified atom stereocenters. The molecule has 1 N–H and O–H groups in total. The molecule has 0 saturated carbocycles. The number of fused-ring (bicyclic) bond motifs is 1. The number of benzene rings is 2. The third-order valence-corrected chi connectivity index (χ3v) is 9.87. The third-order valence-electron chi connectivity index (χ3n) is 5.52. The van der Waals surface area contributed by atoms with Crippen molar-refractivity contribution in [1.29, 1.82) is 0 Å². The Balaban J connectivity index is 2.01. The highest BCUT2D eigenvalue weighted by molar-refractivity contribution is 9.10. The van der Waals surface area contributed by atoms with Crippen molar-refractivity contribution in [2.24, 2.45) is 5.92 Å². The number of sulfonamides is 2. The van der Waals surface area contributed by atoms with Crippen molar-refractivity contribution in [2.75, 3.05) is 26.7 Å². The van der Waals surface area contributed by atoms with E-state index in [9.17, 15) is 21.9 Å². The fourth-order valence-corrected chi connectivity index (χ4v) is 6.91. The summed E-state index contributed by atoms with van der Waals surface area (Å²) in [5.74, 6) is -0.226. The van der Waals surface area contributed by atoms with Gasteiger partial charge in [0.05, 0.1) is 18.0 Å². The number of hydrogen-bond acceptors (Lipinski definition) is 6. The number of hydrogen-bond donors (Lipinski definition) is 1. The first-order chi connectivity index (χ1) is 15.0. The van der Waals surface area contributed by atoms with Gasteiger partial charge >= 0.3 is 0 Å². The standard InChI is InChI=1S/C21H27BrN2O6S2/c1-15-12-24(16(2)14-25)32(28,29)21-10-9-17(22)11-19(21)30-20(15)13-23(3)31(26,27)18-7-5-4-6-8-18/h4-11,15-16,20,25H,12-14H2,1-3H3/t15-,16+,20+/m1/s1. The molecule has 1 aliphatic heterocycles. The molecule has 1 heterocycles. The topological polar surface area (TPSA) is 104 Å². The van der Waals surface area contributed by atoms with Gasteiger partial charge in [-0.15, -0.1) is 0 Å². The smallest absolute Gasteiger partial charge is 0.247 e. The van der Waals surface area contributed by atoms with Crippen LogP contribution >= 0.6 is 15.9 Å². The Labute approximate surface area is 198 Å². The summed E-state index contributed by atoms with van der Waals surface area (Å²) in [6, 6.07) is 12.1. The van der Waals surface area contributed by atoms with E-state index in [1.54, 1.807) is 37.3 Å². The van der Waals surface area contributed by atoms with E-state index in [2.05, 4.69) is 15.9 Å². The fourth-order valence-electron chi connectivity index (χ4n) is 3.54. The molecule has 2 aromatic carbocycles. The van der Waals surface area contributed by atoms with Gasteiger partial charge in [-0.25, -0.2) is 16.8 Å². The molecule has 3 atom stereocenters. The molecule has 0 fully saturated rings. The molecule has 0 aromatic heterocycles. The Morgan fingerprint density at radius 1 is 1.25 bits per heavy atom. The van der Waals surface area contributed by atoms with Gasteiger partial charge in [0.1, 0.15) is 16.7 Å². The third kappa shape index (κ3) is 5.02. The minimum atomic E-state index is -3.93.